The number of nitrogens with one attached hydrogen (secondary N) is 1. The van der Waals surface area contributed by atoms with Gasteiger partial charge in [-0.2, -0.15) is 0 Å². The van der Waals surface area contributed by atoms with Gasteiger partial charge in [0.05, 0.1) is 27.9 Å². The van der Waals surface area contributed by atoms with Gasteiger partial charge in [-0.1, -0.05) is 23.7 Å². The van der Waals surface area contributed by atoms with Crippen molar-refractivity contribution in [2.24, 2.45) is 0 Å². The van der Waals surface area contributed by atoms with Crippen LogP contribution in [0.3, 0.4) is 0 Å². The number of hydrogen-bond donors (Lipinski definition) is 1. The number of rotatable bonds is 5. The minimum Gasteiger partial charge on any atom is -0.483 e. The molecule has 0 atom stereocenters. The molecule has 0 heterocycles. The standard InChI is InChI=1S/C16H13BrClNO4/c1-22-16(21)10-6-7-14(11(17)8-10)23-9-15(20)19-13-5-3-2-4-12(13)18/h2-8H,9H2,1H3,(H,19,20). The topological polar surface area (TPSA) is 64.6 Å². The van der Waals surface area contributed by atoms with E-state index in [0.717, 1.165) is 0 Å². The third-order valence-electron chi connectivity index (χ3n) is 2.86. The highest BCUT2D eigenvalue weighted by atomic mass is 79.9. The van der Waals surface area contributed by atoms with Gasteiger partial charge in [-0.15, -0.1) is 0 Å². The van der Waals surface area contributed by atoms with E-state index in [1.807, 2.05) is 0 Å². The van der Waals surface area contributed by atoms with Crippen molar-refractivity contribution < 1.29 is 19.1 Å². The molecule has 1 amide bonds. The molecule has 2 rings (SSSR count). The summed E-state index contributed by atoms with van der Waals surface area (Å²) in [6, 6.07) is 11.6. The van der Waals surface area contributed by atoms with E-state index in [9.17, 15) is 9.59 Å². The highest BCUT2D eigenvalue weighted by Crippen LogP contribution is 2.26. The predicted octanol–water partition coefficient (Wildman–Crippen LogP) is 3.91. The van der Waals surface area contributed by atoms with Crippen LogP contribution in [0, 0.1) is 0 Å². The number of carbonyl (C=O) groups excluding carboxylic acids is 2. The lowest BCUT2D eigenvalue weighted by Gasteiger charge is -2.10. The van der Waals surface area contributed by atoms with Crippen LogP contribution < -0.4 is 10.1 Å². The monoisotopic (exact) mass is 397 g/mol. The first kappa shape index (κ1) is 17.3. The number of benzene rings is 2. The molecule has 0 radical (unpaired) electrons. The van der Waals surface area contributed by atoms with E-state index in [4.69, 9.17) is 16.3 Å². The highest BCUT2D eigenvalue weighted by Gasteiger charge is 2.11. The molecule has 0 aliphatic rings. The van der Waals surface area contributed by atoms with Crippen LogP contribution in [0.5, 0.6) is 5.75 Å². The van der Waals surface area contributed by atoms with E-state index in [0.29, 0.717) is 26.5 Å². The van der Waals surface area contributed by atoms with Crippen molar-refractivity contribution in [3.63, 3.8) is 0 Å². The minimum atomic E-state index is -0.450. The van der Waals surface area contributed by atoms with Gasteiger partial charge >= 0.3 is 5.97 Å². The number of carbonyl (C=O) groups is 2. The predicted molar refractivity (Wildman–Crippen MR) is 91.1 cm³/mol. The molecule has 0 aromatic heterocycles. The SMILES string of the molecule is COC(=O)c1ccc(OCC(=O)Nc2ccccc2Cl)c(Br)c1. The van der Waals surface area contributed by atoms with Crippen LogP contribution in [-0.4, -0.2) is 25.6 Å². The summed E-state index contributed by atoms with van der Waals surface area (Å²) >= 11 is 9.25. The number of anilines is 1. The summed E-state index contributed by atoms with van der Waals surface area (Å²) < 4.78 is 10.6. The van der Waals surface area contributed by atoms with Gasteiger partial charge in [-0.25, -0.2) is 4.79 Å². The van der Waals surface area contributed by atoms with Crippen LogP contribution in [0.2, 0.25) is 5.02 Å². The average Bonchev–Trinajstić information content (AvgIpc) is 2.55. The Balaban J connectivity index is 1.97. The molecule has 1 N–H and O–H groups in total. The molecule has 0 unspecified atom stereocenters. The average molecular weight is 399 g/mol. The molecule has 2 aromatic carbocycles. The number of methoxy groups -OCH3 is 1. The van der Waals surface area contributed by atoms with Crippen LogP contribution >= 0.6 is 27.5 Å². The number of ether oxygens (including phenoxy) is 2. The maximum Gasteiger partial charge on any atom is 0.337 e. The molecular formula is C16H13BrClNO4. The fourth-order valence-corrected chi connectivity index (χ4v) is 2.43. The Kier molecular flexibility index (Phi) is 6.01. The summed E-state index contributed by atoms with van der Waals surface area (Å²) in [5.74, 6) is -0.359. The molecule has 2 aromatic rings. The summed E-state index contributed by atoms with van der Waals surface area (Å²) in [6.45, 7) is -0.193. The van der Waals surface area contributed by atoms with Crippen LogP contribution in [0.25, 0.3) is 0 Å². The quantitative estimate of drug-likeness (QED) is 0.776. The van der Waals surface area contributed by atoms with Crippen molar-refractivity contribution in [2.75, 3.05) is 19.0 Å². The van der Waals surface area contributed by atoms with Crippen LogP contribution in [0.1, 0.15) is 10.4 Å². The van der Waals surface area contributed by atoms with Crippen molar-refractivity contribution in [3.8, 4) is 5.75 Å². The Morgan fingerprint density at radius 2 is 1.96 bits per heavy atom. The lowest BCUT2D eigenvalue weighted by atomic mass is 10.2. The van der Waals surface area contributed by atoms with Gasteiger partial charge in [-0.3, -0.25) is 4.79 Å². The van der Waals surface area contributed by atoms with Gasteiger partial charge in [0.1, 0.15) is 5.75 Å². The fraction of sp³-hybridized carbons (Fsp3) is 0.125. The molecule has 0 aliphatic heterocycles. The fourth-order valence-electron chi connectivity index (χ4n) is 1.75. The Labute approximate surface area is 146 Å². The number of para-hydroxylation sites is 1. The van der Waals surface area contributed by atoms with E-state index in [-0.39, 0.29) is 12.5 Å². The van der Waals surface area contributed by atoms with Gasteiger partial charge < -0.3 is 14.8 Å². The van der Waals surface area contributed by atoms with Crippen LogP contribution in [0.15, 0.2) is 46.9 Å². The zero-order chi connectivity index (χ0) is 16.8. The summed E-state index contributed by atoms with van der Waals surface area (Å²) in [5, 5.41) is 3.10. The normalized spacial score (nSPS) is 10.0. The van der Waals surface area contributed by atoms with E-state index in [1.54, 1.807) is 42.5 Å². The molecule has 0 spiro atoms. The number of esters is 1. The lowest BCUT2D eigenvalue weighted by Crippen LogP contribution is -2.20. The summed E-state index contributed by atoms with van der Waals surface area (Å²) in [6.07, 6.45) is 0. The first-order valence-corrected chi connectivity index (χ1v) is 7.73. The Morgan fingerprint density at radius 3 is 2.61 bits per heavy atom. The largest absolute Gasteiger partial charge is 0.483 e. The maximum atomic E-state index is 11.9. The third kappa shape index (κ3) is 4.71. The summed E-state index contributed by atoms with van der Waals surface area (Å²) in [5.41, 5.74) is 0.898. The molecule has 0 saturated carbocycles. The van der Waals surface area contributed by atoms with Crippen molar-refractivity contribution in [1.82, 2.24) is 0 Å². The van der Waals surface area contributed by atoms with Gasteiger partial charge in [-0.05, 0) is 46.3 Å². The smallest absolute Gasteiger partial charge is 0.337 e. The lowest BCUT2D eigenvalue weighted by molar-refractivity contribution is -0.118. The Morgan fingerprint density at radius 1 is 1.22 bits per heavy atom. The molecule has 5 nitrogen and oxygen atoms in total. The second kappa shape index (κ2) is 7.99. The zero-order valence-corrected chi connectivity index (χ0v) is 14.5. The Bertz CT molecular complexity index is 736. The van der Waals surface area contributed by atoms with Crippen molar-refractivity contribution in [2.45, 2.75) is 0 Å². The highest BCUT2D eigenvalue weighted by molar-refractivity contribution is 9.10. The van der Waals surface area contributed by atoms with Gasteiger partial charge in [0.25, 0.3) is 5.91 Å². The van der Waals surface area contributed by atoms with Crippen molar-refractivity contribution in [1.29, 1.82) is 0 Å². The van der Waals surface area contributed by atoms with Gasteiger partial charge in [0.2, 0.25) is 0 Å². The molecule has 0 saturated heterocycles. The first-order valence-electron chi connectivity index (χ1n) is 6.56. The summed E-state index contributed by atoms with van der Waals surface area (Å²) in [4.78, 5) is 23.3. The molecule has 7 heteroatoms. The summed E-state index contributed by atoms with van der Waals surface area (Å²) in [7, 11) is 1.31. The second-order valence-corrected chi connectivity index (χ2v) is 5.72. The molecule has 23 heavy (non-hydrogen) atoms. The third-order valence-corrected chi connectivity index (χ3v) is 3.81. The minimum absolute atomic E-state index is 0.193. The first-order chi connectivity index (χ1) is 11.0. The van der Waals surface area contributed by atoms with E-state index < -0.39 is 5.97 Å². The van der Waals surface area contributed by atoms with Crippen LogP contribution in [0.4, 0.5) is 5.69 Å². The van der Waals surface area contributed by atoms with Crippen molar-refractivity contribution >= 4 is 45.1 Å². The van der Waals surface area contributed by atoms with Gasteiger partial charge in [0.15, 0.2) is 6.61 Å². The Hall–Kier alpha value is -2.05. The zero-order valence-electron chi connectivity index (χ0n) is 12.1. The van der Waals surface area contributed by atoms with E-state index in [1.165, 1.54) is 7.11 Å². The molecular weight excluding hydrogens is 386 g/mol. The van der Waals surface area contributed by atoms with Gasteiger partial charge in [0, 0.05) is 0 Å². The number of hydrogen-bond acceptors (Lipinski definition) is 4. The number of amides is 1. The number of halogens is 2. The molecule has 120 valence electrons. The van der Waals surface area contributed by atoms with Crippen LogP contribution in [-0.2, 0) is 9.53 Å². The second-order valence-electron chi connectivity index (χ2n) is 4.45. The molecule has 0 fully saturated rings. The van der Waals surface area contributed by atoms with E-state index in [2.05, 4.69) is 26.0 Å². The maximum absolute atomic E-state index is 11.9. The van der Waals surface area contributed by atoms with Crippen molar-refractivity contribution in [3.05, 3.63) is 57.5 Å². The molecule has 0 bridgehead atoms. The molecule has 0 aliphatic carbocycles. The van der Waals surface area contributed by atoms with E-state index >= 15 is 0 Å².